The van der Waals surface area contributed by atoms with Crippen LogP contribution < -0.4 is 10.1 Å². The third-order valence-corrected chi connectivity index (χ3v) is 6.80. The monoisotopic (exact) mass is 471 g/mol. The molecule has 1 aliphatic rings. The maximum atomic E-state index is 13.4. The van der Waals surface area contributed by atoms with Gasteiger partial charge in [0.1, 0.15) is 29.1 Å². The first-order chi connectivity index (χ1) is 16.0. The lowest BCUT2D eigenvalue weighted by Gasteiger charge is -2.39. The molecule has 0 aliphatic carbocycles. The number of rotatable bonds is 4. The largest absolute Gasteiger partial charge is 0.508 e. The second-order valence-corrected chi connectivity index (χ2v) is 9.13. The molecule has 0 spiro atoms. The predicted molar refractivity (Wildman–Crippen MR) is 127 cm³/mol. The van der Waals surface area contributed by atoms with Crippen molar-refractivity contribution in [3.05, 3.63) is 48.0 Å². The molecular formula is C26H33NO7. The van der Waals surface area contributed by atoms with E-state index in [4.69, 9.17) is 9.47 Å². The van der Waals surface area contributed by atoms with Crippen LogP contribution in [0.2, 0.25) is 0 Å². The second-order valence-electron chi connectivity index (χ2n) is 9.13. The van der Waals surface area contributed by atoms with Gasteiger partial charge in [-0.25, -0.2) is 0 Å². The van der Waals surface area contributed by atoms with E-state index >= 15 is 0 Å². The molecule has 0 aromatic heterocycles. The molecular weight excluding hydrogens is 438 g/mol. The summed E-state index contributed by atoms with van der Waals surface area (Å²) in [6.07, 6.45) is -2.14. The van der Waals surface area contributed by atoms with E-state index in [1.165, 1.54) is 25.1 Å². The van der Waals surface area contributed by atoms with E-state index in [1.54, 1.807) is 27.0 Å². The minimum Gasteiger partial charge on any atom is -0.508 e. The van der Waals surface area contributed by atoms with E-state index in [0.29, 0.717) is 17.0 Å². The van der Waals surface area contributed by atoms with Crippen molar-refractivity contribution in [2.45, 2.75) is 45.9 Å². The number of hydrogen-bond donors (Lipinski definition) is 4. The highest BCUT2D eigenvalue weighted by Crippen LogP contribution is 2.39. The van der Waals surface area contributed by atoms with Crippen molar-refractivity contribution in [3.63, 3.8) is 0 Å². The average Bonchev–Trinajstić information content (AvgIpc) is 2.81. The zero-order valence-corrected chi connectivity index (χ0v) is 20.1. The van der Waals surface area contributed by atoms with Gasteiger partial charge in [-0.05, 0) is 31.2 Å². The van der Waals surface area contributed by atoms with Crippen LogP contribution in [0.1, 0.15) is 39.4 Å². The molecule has 0 radical (unpaired) electrons. The second kappa shape index (κ2) is 10.3. The van der Waals surface area contributed by atoms with Gasteiger partial charge in [0.15, 0.2) is 0 Å². The van der Waals surface area contributed by atoms with E-state index in [-0.39, 0.29) is 17.3 Å². The summed E-state index contributed by atoms with van der Waals surface area (Å²) in [5.74, 6) is -3.44. The number of nitrogens with one attached hydrogen (secondary N) is 1. The van der Waals surface area contributed by atoms with Crippen molar-refractivity contribution < 1.29 is 34.4 Å². The summed E-state index contributed by atoms with van der Waals surface area (Å²) in [6.45, 7) is 6.75. The van der Waals surface area contributed by atoms with Crippen LogP contribution in [-0.4, -0.2) is 46.3 Å². The first-order valence-corrected chi connectivity index (χ1v) is 11.4. The quantitative estimate of drug-likeness (QED) is 0.498. The third kappa shape index (κ3) is 5.12. The molecule has 1 saturated heterocycles. The minimum atomic E-state index is -1.22. The third-order valence-electron chi connectivity index (χ3n) is 6.80. The number of benzene rings is 2. The lowest BCUT2D eigenvalue weighted by Crippen LogP contribution is -2.48. The van der Waals surface area contributed by atoms with Crippen LogP contribution in [0.3, 0.4) is 0 Å². The summed E-state index contributed by atoms with van der Waals surface area (Å²) in [6, 6.07) is 10.7. The number of aliphatic hydroxyl groups is 1. The Morgan fingerprint density at radius 2 is 1.53 bits per heavy atom. The van der Waals surface area contributed by atoms with Gasteiger partial charge < -0.3 is 30.1 Å². The number of carbonyl (C=O) groups is 2. The number of aliphatic hydroxyl groups excluding tert-OH is 1. The molecule has 2 aromatic carbocycles. The Morgan fingerprint density at radius 3 is 2.15 bits per heavy atom. The van der Waals surface area contributed by atoms with Crippen LogP contribution in [-0.2, 0) is 14.3 Å². The number of phenolic OH excluding ortho intramolecular Hbond substituents is 2. The molecule has 0 amide bonds. The SMILES string of the molecule is COc1ccccc1N[C@@H]1[C@@H](C)[C@@H](c2cc(O)cc(O)c2)OC(=O)[C@H](C)[C@@H](O)C(C)C(=O)[C@@H]1C. The van der Waals surface area contributed by atoms with Crippen LogP contribution in [0.4, 0.5) is 5.69 Å². The topological polar surface area (TPSA) is 125 Å². The van der Waals surface area contributed by atoms with Gasteiger partial charge in [-0.15, -0.1) is 0 Å². The van der Waals surface area contributed by atoms with Gasteiger partial charge in [-0.1, -0.05) is 32.9 Å². The van der Waals surface area contributed by atoms with Gasteiger partial charge in [-0.2, -0.15) is 0 Å². The highest BCUT2D eigenvalue weighted by Gasteiger charge is 2.43. The van der Waals surface area contributed by atoms with Crippen LogP contribution in [0.5, 0.6) is 17.2 Å². The van der Waals surface area contributed by atoms with Crippen LogP contribution in [0.25, 0.3) is 0 Å². The fraction of sp³-hybridized carbons (Fsp3) is 0.462. The molecule has 1 heterocycles. The highest BCUT2D eigenvalue weighted by molar-refractivity contribution is 5.86. The Balaban J connectivity index is 2.13. The number of carbonyl (C=O) groups excluding carboxylic acids is 2. The van der Waals surface area contributed by atoms with Crippen LogP contribution >= 0.6 is 0 Å². The molecule has 1 aliphatic heterocycles. The summed E-state index contributed by atoms with van der Waals surface area (Å²) in [5.41, 5.74) is 1.03. The van der Waals surface area contributed by atoms with Crippen molar-refractivity contribution in [3.8, 4) is 17.2 Å². The summed E-state index contributed by atoms with van der Waals surface area (Å²) < 4.78 is 11.3. The van der Waals surface area contributed by atoms with Gasteiger partial charge in [-0.3, -0.25) is 9.59 Å². The fourth-order valence-corrected chi connectivity index (χ4v) is 4.67. The van der Waals surface area contributed by atoms with Gasteiger partial charge in [0.05, 0.1) is 24.8 Å². The summed E-state index contributed by atoms with van der Waals surface area (Å²) in [7, 11) is 1.55. The molecule has 2 aromatic rings. The van der Waals surface area contributed by atoms with E-state index in [9.17, 15) is 24.9 Å². The number of hydrogen-bond acceptors (Lipinski definition) is 8. The lowest BCUT2D eigenvalue weighted by atomic mass is 9.76. The zero-order valence-electron chi connectivity index (χ0n) is 20.1. The highest BCUT2D eigenvalue weighted by atomic mass is 16.5. The number of aromatic hydroxyl groups is 2. The van der Waals surface area contributed by atoms with Crippen molar-refractivity contribution in [2.24, 2.45) is 23.7 Å². The smallest absolute Gasteiger partial charge is 0.311 e. The number of esters is 1. The number of Topliss-reactive ketones (excluding diaryl/α,β-unsaturated/α-hetero) is 1. The molecule has 8 nitrogen and oxygen atoms in total. The summed E-state index contributed by atoms with van der Waals surface area (Å²) >= 11 is 0. The molecule has 8 heteroatoms. The number of phenols is 2. The normalized spacial score (nSPS) is 30.4. The summed E-state index contributed by atoms with van der Waals surface area (Å²) in [5, 5.41) is 34.3. The van der Waals surface area contributed by atoms with Crippen molar-refractivity contribution in [1.29, 1.82) is 0 Å². The van der Waals surface area contributed by atoms with Gasteiger partial charge in [0.25, 0.3) is 0 Å². The van der Waals surface area contributed by atoms with Crippen molar-refractivity contribution in [2.75, 3.05) is 12.4 Å². The Bertz CT molecular complexity index is 1020. The molecule has 1 unspecified atom stereocenters. The number of anilines is 1. The van der Waals surface area contributed by atoms with E-state index in [1.807, 2.05) is 25.1 Å². The van der Waals surface area contributed by atoms with Crippen LogP contribution in [0, 0.1) is 23.7 Å². The fourth-order valence-electron chi connectivity index (χ4n) is 4.67. The lowest BCUT2D eigenvalue weighted by molar-refractivity contribution is -0.164. The summed E-state index contributed by atoms with van der Waals surface area (Å²) in [4.78, 5) is 26.4. The molecule has 3 rings (SSSR count). The average molecular weight is 472 g/mol. The first-order valence-electron chi connectivity index (χ1n) is 11.4. The molecule has 1 fully saturated rings. The Kier molecular flexibility index (Phi) is 7.71. The maximum absolute atomic E-state index is 13.4. The van der Waals surface area contributed by atoms with Crippen molar-refractivity contribution in [1.82, 2.24) is 0 Å². The maximum Gasteiger partial charge on any atom is 0.311 e. The minimum absolute atomic E-state index is 0.185. The first kappa shape index (κ1) is 25.4. The van der Waals surface area contributed by atoms with Gasteiger partial charge in [0.2, 0.25) is 0 Å². The molecule has 4 N–H and O–H groups in total. The molecule has 0 saturated carbocycles. The number of para-hydroxylation sites is 2. The Hall–Kier alpha value is -3.26. The van der Waals surface area contributed by atoms with E-state index < -0.39 is 47.9 Å². The van der Waals surface area contributed by atoms with Gasteiger partial charge in [0, 0.05) is 35.4 Å². The van der Waals surface area contributed by atoms with E-state index in [0.717, 1.165) is 0 Å². The molecule has 7 atom stereocenters. The molecule has 184 valence electrons. The van der Waals surface area contributed by atoms with Gasteiger partial charge >= 0.3 is 5.97 Å². The standard InChI is InChI=1S/C26H33NO7/c1-13-22(27-20-8-6-7-9-21(20)33-5)14(2)25(17-10-18(28)12-19(29)11-17)34-26(32)16(4)24(31)15(3)23(13)30/h6-16,22,24-25,27-29,31H,1-5H3/t13-,14-,15?,16-,22+,24+,25+/m1/s1. The molecule has 34 heavy (non-hydrogen) atoms. The van der Waals surface area contributed by atoms with E-state index in [2.05, 4.69) is 5.32 Å². The molecule has 0 bridgehead atoms. The number of ether oxygens (including phenoxy) is 2. The number of ketones is 1. The Labute approximate surface area is 199 Å². The Morgan fingerprint density at radius 1 is 0.912 bits per heavy atom. The predicted octanol–water partition coefficient (Wildman–Crippen LogP) is 3.66. The number of cyclic esters (lactones) is 1. The van der Waals surface area contributed by atoms with Crippen molar-refractivity contribution >= 4 is 17.4 Å². The van der Waals surface area contributed by atoms with Crippen LogP contribution in [0.15, 0.2) is 42.5 Å². The number of methoxy groups -OCH3 is 1. The zero-order chi connectivity index (χ0) is 25.2.